The first-order chi connectivity index (χ1) is 15.2. The van der Waals surface area contributed by atoms with Gasteiger partial charge in [0.15, 0.2) is 0 Å². The van der Waals surface area contributed by atoms with Gasteiger partial charge in [0.1, 0.15) is 6.61 Å². The first-order valence-electron chi connectivity index (χ1n) is 13.3. The summed E-state index contributed by atoms with van der Waals surface area (Å²) < 4.78 is 10.6. The fourth-order valence-electron chi connectivity index (χ4n) is 3.83. The van der Waals surface area contributed by atoms with Crippen LogP contribution >= 0.6 is 0 Å². The van der Waals surface area contributed by atoms with E-state index in [2.05, 4.69) is 25.3 Å². The third-order valence-electron chi connectivity index (χ3n) is 5.85. The summed E-state index contributed by atoms with van der Waals surface area (Å²) in [6.45, 7) is 12.8. The molecule has 0 aromatic rings. The Labute approximate surface area is 194 Å². The van der Waals surface area contributed by atoms with Gasteiger partial charge in [-0.25, -0.2) is 4.79 Å². The molecule has 0 N–H and O–H groups in total. The van der Waals surface area contributed by atoms with Crippen LogP contribution in [0.1, 0.15) is 117 Å². The van der Waals surface area contributed by atoms with Crippen LogP contribution in [0.4, 0.5) is 0 Å². The lowest BCUT2D eigenvalue weighted by Crippen LogP contribution is -2.30. The van der Waals surface area contributed by atoms with E-state index in [-0.39, 0.29) is 5.97 Å². The molecule has 4 heteroatoms. The van der Waals surface area contributed by atoms with Crippen LogP contribution in [0.3, 0.4) is 0 Å². The fraction of sp³-hybridized carbons (Fsp3) is 0.889. The molecule has 31 heavy (non-hydrogen) atoms. The van der Waals surface area contributed by atoms with E-state index in [9.17, 15) is 4.79 Å². The number of hydrogen-bond acceptors (Lipinski definition) is 4. The maximum absolute atomic E-state index is 11.0. The quantitative estimate of drug-likeness (QED) is 0.0848. The molecule has 0 aliphatic rings. The van der Waals surface area contributed by atoms with Gasteiger partial charge in [0.05, 0.1) is 13.2 Å². The molecule has 0 rings (SSSR count). The Kier molecular flexibility index (Phi) is 24.7. The smallest absolute Gasteiger partial charge is 0.330 e. The molecule has 0 aliphatic carbocycles. The van der Waals surface area contributed by atoms with Crippen LogP contribution < -0.4 is 0 Å². The maximum Gasteiger partial charge on any atom is 0.330 e. The molecule has 0 bridgehead atoms. The SMILES string of the molecule is C=CC(=O)OCCOCCN(CCCCCCCCCC)CCCCCCCCCC. The normalized spacial score (nSPS) is 11.2. The number of hydrogen-bond donors (Lipinski definition) is 0. The van der Waals surface area contributed by atoms with Crippen molar-refractivity contribution in [3.8, 4) is 0 Å². The largest absolute Gasteiger partial charge is 0.460 e. The standard InChI is InChI=1S/C27H53NO3/c1-4-7-9-11-13-15-17-19-21-28(22-20-18-16-14-12-10-8-5-2)23-24-30-25-26-31-27(29)6-3/h6H,3-5,7-26H2,1-2H3. The average molecular weight is 440 g/mol. The van der Waals surface area contributed by atoms with Crippen molar-refractivity contribution in [2.45, 2.75) is 117 Å². The second-order valence-electron chi connectivity index (χ2n) is 8.78. The van der Waals surface area contributed by atoms with E-state index in [1.54, 1.807) is 0 Å². The molecule has 0 radical (unpaired) electrons. The summed E-state index contributed by atoms with van der Waals surface area (Å²) in [4.78, 5) is 13.6. The number of nitrogens with zero attached hydrogens (tertiary/aromatic N) is 1. The molecule has 0 amide bonds. The Bertz CT molecular complexity index is 367. The van der Waals surface area contributed by atoms with Crippen molar-refractivity contribution in [1.29, 1.82) is 0 Å². The van der Waals surface area contributed by atoms with Gasteiger partial charge in [0, 0.05) is 12.6 Å². The lowest BCUT2D eigenvalue weighted by Gasteiger charge is -2.22. The summed E-state index contributed by atoms with van der Waals surface area (Å²) in [5.74, 6) is -0.380. The molecule has 0 spiro atoms. The molecule has 184 valence electrons. The Hall–Kier alpha value is -0.870. The molecule has 0 fully saturated rings. The molecule has 0 saturated carbocycles. The van der Waals surface area contributed by atoms with Gasteiger partial charge in [0.25, 0.3) is 0 Å². The van der Waals surface area contributed by atoms with Crippen molar-refractivity contribution in [3.63, 3.8) is 0 Å². The summed E-state index contributed by atoms with van der Waals surface area (Å²) in [5.41, 5.74) is 0. The zero-order valence-corrected chi connectivity index (χ0v) is 21.0. The van der Waals surface area contributed by atoms with E-state index < -0.39 is 0 Å². The van der Waals surface area contributed by atoms with E-state index >= 15 is 0 Å². The summed E-state index contributed by atoms with van der Waals surface area (Å²) in [6, 6.07) is 0. The fourth-order valence-corrected chi connectivity index (χ4v) is 3.83. The Morgan fingerprint density at radius 3 is 1.55 bits per heavy atom. The summed E-state index contributed by atoms with van der Waals surface area (Å²) >= 11 is 0. The molecule has 0 heterocycles. The van der Waals surface area contributed by atoms with Crippen molar-refractivity contribution in [3.05, 3.63) is 12.7 Å². The zero-order valence-electron chi connectivity index (χ0n) is 21.0. The first kappa shape index (κ1) is 30.1. The number of carbonyl (C=O) groups excluding carboxylic acids is 1. The minimum atomic E-state index is -0.380. The lowest BCUT2D eigenvalue weighted by molar-refractivity contribution is -0.139. The lowest BCUT2D eigenvalue weighted by atomic mass is 10.1. The van der Waals surface area contributed by atoms with Crippen molar-refractivity contribution < 1.29 is 14.3 Å². The number of esters is 1. The van der Waals surface area contributed by atoms with E-state index in [0.717, 1.165) is 6.54 Å². The topological polar surface area (TPSA) is 38.8 Å². The van der Waals surface area contributed by atoms with Gasteiger partial charge in [-0.2, -0.15) is 0 Å². The van der Waals surface area contributed by atoms with Crippen molar-refractivity contribution in [2.75, 3.05) is 39.5 Å². The van der Waals surface area contributed by atoms with Crippen LogP contribution in [-0.2, 0) is 14.3 Å². The third-order valence-corrected chi connectivity index (χ3v) is 5.85. The molecule has 0 aromatic carbocycles. The van der Waals surface area contributed by atoms with Gasteiger partial charge < -0.3 is 14.4 Å². The minimum absolute atomic E-state index is 0.306. The molecule has 0 atom stereocenters. The first-order valence-corrected chi connectivity index (χ1v) is 13.3. The summed E-state index contributed by atoms with van der Waals surface area (Å²) in [5, 5.41) is 0. The van der Waals surface area contributed by atoms with Crippen LogP contribution in [0.15, 0.2) is 12.7 Å². The van der Waals surface area contributed by atoms with E-state index in [0.29, 0.717) is 19.8 Å². The Morgan fingerprint density at radius 2 is 1.10 bits per heavy atom. The predicted molar refractivity (Wildman–Crippen MR) is 134 cm³/mol. The number of ether oxygens (including phenoxy) is 2. The number of carbonyl (C=O) groups is 1. The van der Waals surface area contributed by atoms with Gasteiger partial charge >= 0.3 is 5.97 Å². The van der Waals surface area contributed by atoms with Gasteiger partial charge in [-0.3, -0.25) is 0 Å². The van der Waals surface area contributed by atoms with Gasteiger partial charge in [0.2, 0.25) is 0 Å². The molecule has 0 unspecified atom stereocenters. The van der Waals surface area contributed by atoms with Crippen LogP contribution in [0.5, 0.6) is 0 Å². The Morgan fingerprint density at radius 1 is 0.645 bits per heavy atom. The highest BCUT2D eigenvalue weighted by atomic mass is 16.6. The maximum atomic E-state index is 11.0. The molecular formula is C27H53NO3. The molecule has 0 saturated heterocycles. The predicted octanol–water partition coefficient (Wildman–Crippen LogP) is 7.32. The van der Waals surface area contributed by atoms with Crippen LogP contribution in [0.25, 0.3) is 0 Å². The van der Waals surface area contributed by atoms with E-state index in [1.807, 2.05) is 0 Å². The second-order valence-corrected chi connectivity index (χ2v) is 8.78. The van der Waals surface area contributed by atoms with Crippen molar-refractivity contribution in [2.24, 2.45) is 0 Å². The summed E-state index contributed by atoms with van der Waals surface area (Å²) in [6.07, 6.45) is 23.0. The minimum Gasteiger partial charge on any atom is -0.460 e. The highest BCUT2D eigenvalue weighted by molar-refractivity contribution is 5.81. The molecular weight excluding hydrogens is 386 g/mol. The van der Waals surface area contributed by atoms with Crippen molar-refractivity contribution in [1.82, 2.24) is 4.90 Å². The van der Waals surface area contributed by atoms with Gasteiger partial charge in [-0.05, 0) is 25.9 Å². The van der Waals surface area contributed by atoms with E-state index in [4.69, 9.17) is 9.47 Å². The average Bonchev–Trinajstić information content (AvgIpc) is 2.78. The van der Waals surface area contributed by atoms with Crippen LogP contribution in [0, 0.1) is 0 Å². The van der Waals surface area contributed by atoms with Crippen LogP contribution in [-0.4, -0.2) is 50.3 Å². The zero-order chi connectivity index (χ0) is 22.8. The number of unbranched alkanes of at least 4 members (excludes halogenated alkanes) is 14. The molecule has 0 aliphatic heterocycles. The molecule has 0 aromatic heterocycles. The third kappa shape index (κ3) is 23.6. The monoisotopic (exact) mass is 439 g/mol. The van der Waals surface area contributed by atoms with Crippen LogP contribution in [0.2, 0.25) is 0 Å². The van der Waals surface area contributed by atoms with Crippen molar-refractivity contribution >= 4 is 5.97 Å². The highest BCUT2D eigenvalue weighted by Gasteiger charge is 2.05. The Balaban J connectivity index is 3.90. The number of rotatable bonds is 25. The van der Waals surface area contributed by atoms with Gasteiger partial charge in [-0.15, -0.1) is 0 Å². The van der Waals surface area contributed by atoms with Gasteiger partial charge in [-0.1, -0.05) is 110 Å². The summed E-state index contributed by atoms with van der Waals surface area (Å²) in [7, 11) is 0. The second kappa shape index (κ2) is 25.4. The van der Waals surface area contributed by atoms with E-state index in [1.165, 1.54) is 122 Å². The highest BCUT2D eigenvalue weighted by Crippen LogP contribution is 2.11. The molecule has 4 nitrogen and oxygen atoms in total.